The first-order valence-electron chi connectivity index (χ1n) is 5.17. The number of benzene rings is 1. The molecular formula is C12H17NO3. The van der Waals surface area contributed by atoms with Gasteiger partial charge in [0.2, 0.25) is 0 Å². The van der Waals surface area contributed by atoms with Crippen molar-refractivity contribution >= 4 is 5.97 Å². The van der Waals surface area contributed by atoms with Crippen molar-refractivity contribution in [2.24, 2.45) is 0 Å². The van der Waals surface area contributed by atoms with Gasteiger partial charge in [0.15, 0.2) is 0 Å². The molecule has 0 amide bonds. The van der Waals surface area contributed by atoms with Crippen LogP contribution in [0.25, 0.3) is 0 Å². The molecule has 1 aromatic rings. The average molecular weight is 223 g/mol. The largest absolute Gasteiger partial charge is 0.497 e. The minimum absolute atomic E-state index is 0.104. The zero-order valence-corrected chi connectivity index (χ0v) is 9.73. The molecule has 0 aliphatic rings. The number of carbonyl (C=O) groups is 1. The number of nitrogens with one attached hydrogen (secondary N) is 1. The molecule has 4 heteroatoms. The molecule has 0 saturated heterocycles. The first kappa shape index (κ1) is 12.5. The zero-order chi connectivity index (χ0) is 12.1. The molecule has 4 nitrogen and oxygen atoms in total. The van der Waals surface area contributed by atoms with Crippen molar-refractivity contribution in [2.75, 3.05) is 7.11 Å². The van der Waals surface area contributed by atoms with Crippen LogP contribution in [0.4, 0.5) is 0 Å². The molecule has 1 rings (SSSR count). The number of ether oxygens (including phenoxy) is 1. The number of methoxy groups -OCH3 is 1. The van der Waals surface area contributed by atoms with E-state index in [-0.39, 0.29) is 6.04 Å². The van der Waals surface area contributed by atoms with Crippen LogP contribution in [0.15, 0.2) is 24.3 Å². The minimum atomic E-state index is -0.887. The Morgan fingerprint density at radius 2 is 2.12 bits per heavy atom. The van der Waals surface area contributed by atoms with Crippen LogP contribution in [0.3, 0.4) is 0 Å². The van der Waals surface area contributed by atoms with Crippen molar-refractivity contribution in [3.05, 3.63) is 29.8 Å². The maximum atomic E-state index is 11.1. The highest BCUT2D eigenvalue weighted by Gasteiger charge is 2.20. The van der Waals surface area contributed by atoms with Gasteiger partial charge in [-0.15, -0.1) is 0 Å². The van der Waals surface area contributed by atoms with Crippen LogP contribution in [-0.2, 0) is 4.79 Å². The van der Waals surface area contributed by atoms with Gasteiger partial charge in [-0.25, -0.2) is 0 Å². The molecule has 0 radical (unpaired) electrons. The Labute approximate surface area is 95.2 Å². The third-order valence-electron chi connectivity index (χ3n) is 2.17. The summed E-state index contributed by atoms with van der Waals surface area (Å²) < 4.78 is 5.07. The molecule has 0 aliphatic heterocycles. The average Bonchev–Trinajstić information content (AvgIpc) is 2.25. The quantitative estimate of drug-likeness (QED) is 0.799. The summed E-state index contributed by atoms with van der Waals surface area (Å²) in [4.78, 5) is 11.1. The standard InChI is InChI=1S/C12H17NO3/c1-8(2)13-11(12(14)15)9-5-4-6-10(7-9)16-3/h4-8,11,13H,1-3H3,(H,14,15). The van der Waals surface area contributed by atoms with Gasteiger partial charge < -0.3 is 9.84 Å². The molecule has 16 heavy (non-hydrogen) atoms. The molecule has 0 fully saturated rings. The second-order valence-corrected chi connectivity index (χ2v) is 3.87. The summed E-state index contributed by atoms with van der Waals surface area (Å²) in [6.07, 6.45) is 0. The lowest BCUT2D eigenvalue weighted by Gasteiger charge is -2.18. The molecule has 0 spiro atoms. The SMILES string of the molecule is COc1cccc(C(NC(C)C)C(=O)O)c1. The van der Waals surface area contributed by atoms with Crippen LogP contribution >= 0.6 is 0 Å². The van der Waals surface area contributed by atoms with Crippen molar-refractivity contribution in [1.82, 2.24) is 5.32 Å². The van der Waals surface area contributed by atoms with Crippen molar-refractivity contribution in [1.29, 1.82) is 0 Å². The van der Waals surface area contributed by atoms with Crippen LogP contribution < -0.4 is 10.1 Å². The van der Waals surface area contributed by atoms with Gasteiger partial charge in [0, 0.05) is 6.04 Å². The number of carboxylic acid groups (broad SMARTS) is 1. The third-order valence-corrected chi connectivity index (χ3v) is 2.17. The van der Waals surface area contributed by atoms with Crippen LogP contribution in [-0.4, -0.2) is 24.2 Å². The lowest BCUT2D eigenvalue weighted by molar-refractivity contribution is -0.139. The highest BCUT2D eigenvalue weighted by Crippen LogP contribution is 2.19. The summed E-state index contributed by atoms with van der Waals surface area (Å²) >= 11 is 0. The lowest BCUT2D eigenvalue weighted by Crippen LogP contribution is -2.33. The first-order chi connectivity index (χ1) is 7.54. The smallest absolute Gasteiger partial charge is 0.325 e. The highest BCUT2D eigenvalue weighted by atomic mass is 16.5. The van der Waals surface area contributed by atoms with Gasteiger partial charge in [0.25, 0.3) is 0 Å². The summed E-state index contributed by atoms with van der Waals surface area (Å²) in [5.74, 6) is -0.226. The topological polar surface area (TPSA) is 58.6 Å². The van der Waals surface area contributed by atoms with E-state index in [0.717, 1.165) is 0 Å². The lowest BCUT2D eigenvalue weighted by atomic mass is 10.1. The second kappa shape index (κ2) is 5.51. The van der Waals surface area contributed by atoms with Crippen molar-refractivity contribution in [2.45, 2.75) is 25.9 Å². The molecule has 2 N–H and O–H groups in total. The van der Waals surface area contributed by atoms with Crippen LogP contribution in [0.2, 0.25) is 0 Å². The molecule has 1 atom stereocenters. The molecule has 0 aromatic heterocycles. The Morgan fingerprint density at radius 1 is 1.44 bits per heavy atom. The number of hydrogen-bond donors (Lipinski definition) is 2. The summed E-state index contributed by atoms with van der Waals surface area (Å²) in [5, 5.41) is 12.1. The number of rotatable bonds is 5. The Morgan fingerprint density at radius 3 is 2.62 bits per heavy atom. The maximum Gasteiger partial charge on any atom is 0.325 e. The van der Waals surface area contributed by atoms with Gasteiger partial charge in [0.1, 0.15) is 11.8 Å². The zero-order valence-electron chi connectivity index (χ0n) is 9.73. The summed E-state index contributed by atoms with van der Waals surface area (Å²) in [6, 6.07) is 6.48. The van der Waals surface area contributed by atoms with Gasteiger partial charge >= 0.3 is 5.97 Å². The Hall–Kier alpha value is -1.55. The monoisotopic (exact) mass is 223 g/mol. The van der Waals surface area contributed by atoms with Gasteiger partial charge in [0.05, 0.1) is 7.11 Å². The Balaban J connectivity index is 2.96. The highest BCUT2D eigenvalue weighted by molar-refractivity contribution is 5.75. The van der Waals surface area contributed by atoms with Gasteiger partial charge in [-0.3, -0.25) is 10.1 Å². The molecule has 1 unspecified atom stereocenters. The number of carboxylic acids is 1. The predicted molar refractivity (Wildman–Crippen MR) is 61.6 cm³/mol. The molecule has 0 saturated carbocycles. The van der Waals surface area contributed by atoms with Gasteiger partial charge in [-0.2, -0.15) is 0 Å². The number of hydrogen-bond acceptors (Lipinski definition) is 3. The molecule has 0 heterocycles. The van der Waals surface area contributed by atoms with Gasteiger partial charge in [-0.1, -0.05) is 12.1 Å². The van der Waals surface area contributed by atoms with E-state index in [2.05, 4.69) is 5.32 Å². The van der Waals surface area contributed by atoms with E-state index in [9.17, 15) is 4.79 Å². The van der Waals surface area contributed by atoms with E-state index >= 15 is 0 Å². The van der Waals surface area contributed by atoms with Crippen molar-refractivity contribution < 1.29 is 14.6 Å². The first-order valence-corrected chi connectivity index (χ1v) is 5.17. The molecule has 1 aromatic carbocycles. The summed E-state index contributed by atoms with van der Waals surface area (Å²) in [6.45, 7) is 3.83. The van der Waals surface area contributed by atoms with E-state index in [1.165, 1.54) is 0 Å². The third kappa shape index (κ3) is 3.24. The van der Waals surface area contributed by atoms with E-state index < -0.39 is 12.0 Å². The number of aliphatic carboxylic acids is 1. The van der Waals surface area contributed by atoms with E-state index in [0.29, 0.717) is 11.3 Å². The van der Waals surface area contributed by atoms with Crippen LogP contribution in [0, 0.1) is 0 Å². The fourth-order valence-corrected chi connectivity index (χ4v) is 1.46. The van der Waals surface area contributed by atoms with Crippen molar-refractivity contribution in [3.8, 4) is 5.75 Å². The minimum Gasteiger partial charge on any atom is -0.497 e. The van der Waals surface area contributed by atoms with E-state index in [1.807, 2.05) is 13.8 Å². The molecular weight excluding hydrogens is 206 g/mol. The predicted octanol–water partition coefficient (Wildman–Crippen LogP) is 1.82. The maximum absolute atomic E-state index is 11.1. The second-order valence-electron chi connectivity index (χ2n) is 3.87. The fourth-order valence-electron chi connectivity index (χ4n) is 1.46. The summed E-state index contributed by atoms with van der Waals surface area (Å²) in [7, 11) is 1.56. The Bertz CT molecular complexity index is 363. The normalized spacial score (nSPS) is 12.5. The molecule has 88 valence electrons. The van der Waals surface area contributed by atoms with Crippen LogP contribution in [0.5, 0.6) is 5.75 Å². The van der Waals surface area contributed by atoms with Crippen molar-refractivity contribution in [3.63, 3.8) is 0 Å². The van der Waals surface area contributed by atoms with E-state index in [1.54, 1.807) is 31.4 Å². The van der Waals surface area contributed by atoms with E-state index in [4.69, 9.17) is 9.84 Å². The van der Waals surface area contributed by atoms with Crippen LogP contribution in [0.1, 0.15) is 25.5 Å². The van der Waals surface area contributed by atoms with Gasteiger partial charge in [-0.05, 0) is 31.5 Å². The molecule has 0 aliphatic carbocycles. The summed E-state index contributed by atoms with van der Waals surface area (Å²) in [5.41, 5.74) is 0.695. The fraction of sp³-hybridized carbons (Fsp3) is 0.417. The Kier molecular flexibility index (Phi) is 4.31. The molecule has 0 bridgehead atoms.